The van der Waals surface area contributed by atoms with E-state index in [2.05, 4.69) is 41.4 Å². The Morgan fingerprint density at radius 2 is 1.95 bits per heavy atom. The van der Waals surface area contributed by atoms with Gasteiger partial charge in [-0.2, -0.15) is 0 Å². The van der Waals surface area contributed by atoms with Crippen molar-refractivity contribution in [2.75, 3.05) is 0 Å². The molecule has 2 heterocycles. The van der Waals surface area contributed by atoms with Crippen molar-refractivity contribution in [3.8, 4) is 0 Å². The van der Waals surface area contributed by atoms with Gasteiger partial charge < -0.3 is 10.2 Å². The quantitative estimate of drug-likeness (QED) is 0.922. The lowest BCUT2D eigenvalue weighted by atomic mass is 9.88. The Morgan fingerprint density at radius 3 is 2.52 bits per heavy atom. The molecule has 2 bridgehead atoms. The highest BCUT2D eigenvalue weighted by molar-refractivity contribution is 5.81. The summed E-state index contributed by atoms with van der Waals surface area (Å²) in [5.41, 5.74) is 2.54. The van der Waals surface area contributed by atoms with E-state index in [9.17, 15) is 4.79 Å². The monoisotopic (exact) mass is 284 g/mol. The average Bonchev–Trinajstić information content (AvgIpc) is 3.11. The van der Waals surface area contributed by atoms with Crippen LogP contribution in [-0.2, 0) is 11.3 Å². The molecule has 0 spiro atoms. The van der Waals surface area contributed by atoms with Crippen molar-refractivity contribution in [1.82, 2.24) is 10.2 Å². The SMILES string of the molecule is Cc1ccc(CN(C(=O)C2CC3CCC2N3)C2CC2)cc1. The molecule has 1 aromatic carbocycles. The van der Waals surface area contributed by atoms with E-state index in [0.29, 0.717) is 24.0 Å². The topological polar surface area (TPSA) is 32.3 Å². The van der Waals surface area contributed by atoms with Gasteiger partial charge in [-0.05, 0) is 44.6 Å². The van der Waals surface area contributed by atoms with Crippen molar-refractivity contribution >= 4 is 5.91 Å². The van der Waals surface area contributed by atoms with Crippen LogP contribution in [0.15, 0.2) is 24.3 Å². The van der Waals surface area contributed by atoms with Gasteiger partial charge in [-0.1, -0.05) is 29.8 Å². The first-order chi connectivity index (χ1) is 10.2. The molecule has 1 N–H and O–H groups in total. The predicted molar refractivity (Wildman–Crippen MR) is 82.8 cm³/mol. The summed E-state index contributed by atoms with van der Waals surface area (Å²) < 4.78 is 0. The lowest BCUT2D eigenvalue weighted by Gasteiger charge is -2.29. The van der Waals surface area contributed by atoms with Crippen LogP contribution in [0.2, 0.25) is 0 Å². The van der Waals surface area contributed by atoms with E-state index in [1.807, 2.05) is 0 Å². The standard InChI is InChI=1S/C18H24N2O/c1-12-2-4-13(5-3-12)11-20(15-7-8-15)18(21)16-10-14-6-9-17(16)19-14/h2-5,14-17,19H,6-11H2,1H3. The molecule has 21 heavy (non-hydrogen) atoms. The van der Waals surface area contributed by atoms with Gasteiger partial charge >= 0.3 is 0 Å². The molecular formula is C18H24N2O. The Bertz CT molecular complexity index is 535. The lowest BCUT2D eigenvalue weighted by Crippen LogP contribution is -2.41. The third-order valence-corrected chi connectivity index (χ3v) is 5.36. The second kappa shape index (κ2) is 5.13. The van der Waals surface area contributed by atoms with Gasteiger partial charge in [0.25, 0.3) is 0 Å². The van der Waals surface area contributed by atoms with E-state index < -0.39 is 0 Å². The number of carbonyl (C=O) groups is 1. The van der Waals surface area contributed by atoms with Crippen LogP contribution in [0.3, 0.4) is 0 Å². The molecule has 3 fully saturated rings. The van der Waals surface area contributed by atoms with Crippen LogP contribution in [0.1, 0.15) is 43.2 Å². The highest BCUT2D eigenvalue weighted by Gasteiger charge is 2.46. The zero-order valence-electron chi connectivity index (χ0n) is 12.7. The number of fused-ring (bicyclic) bond motifs is 2. The zero-order chi connectivity index (χ0) is 14.4. The number of benzene rings is 1. The van der Waals surface area contributed by atoms with Gasteiger partial charge in [0.1, 0.15) is 0 Å². The minimum Gasteiger partial charge on any atom is -0.335 e. The molecular weight excluding hydrogens is 260 g/mol. The summed E-state index contributed by atoms with van der Waals surface area (Å²) in [6, 6.07) is 10.2. The molecule has 3 nitrogen and oxygen atoms in total. The van der Waals surface area contributed by atoms with E-state index in [-0.39, 0.29) is 5.92 Å². The number of nitrogens with one attached hydrogen (secondary N) is 1. The number of hydrogen-bond acceptors (Lipinski definition) is 2. The lowest BCUT2D eigenvalue weighted by molar-refractivity contribution is -0.137. The van der Waals surface area contributed by atoms with Crippen LogP contribution >= 0.6 is 0 Å². The van der Waals surface area contributed by atoms with Crippen LogP contribution in [-0.4, -0.2) is 28.9 Å². The largest absolute Gasteiger partial charge is 0.335 e. The van der Waals surface area contributed by atoms with Gasteiger partial charge in [-0.3, -0.25) is 4.79 Å². The molecule has 4 rings (SSSR count). The number of hydrogen-bond donors (Lipinski definition) is 1. The fraction of sp³-hybridized carbons (Fsp3) is 0.611. The third kappa shape index (κ3) is 2.59. The van der Waals surface area contributed by atoms with E-state index in [1.165, 1.54) is 36.8 Å². The Kier molecular flexibility index (Phi) is 3.26. The number of nitrogens with zero attached hydrogens (tertiary/aromatic N) is 1. The number of carbonyl (C=O) groups excluding carboxylic acids is 1. The maximum Gasteiger partial charge on any atom is 0.227 e. The fourth-order valence-electron chi connectivity index (χ4n) is 3.97. The van der Waals surface area contributed by atoms with Crippen molar-refractivity contribution in [3.05, 3.63) is 35.4 Å². The highest BCUT2D eigenvalue weighted by Crippen LogP contribution is 2.37. The molecule has 3 atom stereocenters. The normalized spacial score (nSPS) is 30.6. The smallest absolute Gasteiger partial charge is 0.227 e. The van der Waals surface area contributed by atoms with Gasteiger partial charge in [0.05, 0.1) is 5.92 Å². The first-order valence-corrected chi connectivity index (χ1v) is 8.33. The maximum absolute atomic E-state index is 13.0. The second-order valence-corrected chi connectivity index (χ2v) is 7.07. The number of rotatable bonds is 4. The first-order valence-electron chi connectivity index (χ1n) is 8.33. The number of amides is 1. The van der Waals surface area contributed by atoms with Crippen LogP contribution in [0, 0.1) is 12.8 Å². The van der Waals surface area contributed by atoms with Crippen molar-refractivity contribution < 1.29 is 4.79 Å². The fourth-order valence-corrected chi connectivity index (χ4v) is 3.97. The Balaban J connectivity index is 1.49. The zero-order valence-corrected chi connectivity index (χ0v) is 12.7. The molecule has 1 amide bonds. The van der Waals surface area contributed by atoms with Gasteiger partial charge in [0.2, 0.25) is 5.91 Å². The summed E-state index contributed by atoms with van der Waals surface area (Å²) in [7, 11) is 0. The highest BCUT2D eigenvalue weighted by atomic mass is 16.2. The van der Waals surface area contributed by atoms with Crippen LogP contribution in [0.4, 0.5) is 0 Å². The molecule has 1 aromatic rings. The Morgan fingerprint density at radius 1 is 1.19 bits per heavy atom. The second-order valence-electron chi connectivity index (χ2n) is 7.07. The molecule has 0 aromatic heterocycles. The summed E-state index contributed by atoms with van der Waals surface area (Å²) in [6.07, 6.45) is 5.87. The van der Waals surface area contributed by atoms with E-state index in [0.717, 1.165) is 13.0 Å². The Hall–Kier alpha value is -1.35. The molecule has 3 unspecified atom stereocenters. The molecule has 2 saturated heterocycles. The minimum absolute atomic E-state index is 0.231. The van der Waals surface area contributed by atoms with Gasteiger partial charge in [0, 0.05) is 24.7 Å². The van der Waals surface area contributed by atoms with Crippen LogP contribution in [0.5, 0.6) is 0 Å². The maximum atomic E-state index is 13.0. The van der Waals surface area contributed by atoms with E-state index in [1.54, 1.807) is 0 Å². The molecule has 1 aliphatic carbocycles. The van der Waals surface area contributed by atoms with Crippen LogP contribution < -0.4 is 5.32 Å². The Labute approximate surface area is 126 Å². The molecule has 112 valence electrons. The molecule has 0 radical (unpaired) electrons. The van der Waals surface area contributed by atoms with Crippen molar-refractivity contribution in [2.45, 2.75) is 63.7 Å². The van der Waals surface area contributed by atoms with Crippen molar-refractivity contribution in [3.63, 3.8) is 0 Å². The summed E-state index contributed by atoms with van der Waals surface area (Å²) in [6.45, 7) is 2.90. The molecule has 3 heteroatoms. The van der Waals surface area contributed by atoms with Crippen molar-refractivity contribution in [1.29, 1.82) is 0 Å². The van der Waals surface area contributed by atoms with Gasteiger partial charge in [-0.25, -0.2) is 0 Å². The summed E-state index contributed by atoms with van der Waals surface area (Å²) in [5.74, 6) is 0.632. The minimum atomic E-state index is 0.231. The molecule has 2 aliphatic heterocycles. The molecule has 1 saturated carbocycles. The van der Waals surface area contributed by atoms with Crippen LogP contribution in [0.25, 0.3) is 0 Å². The van der Waals surface area contributed by atoms with E-state index in [4.69, 9.17) is 0 Å². The first kappa shape index (κ1) is 13.3. The number of aryl methyl sites for hydroxylation is 1. The summed E-state index contributed by atoms with van der Waals surface area (Å²) in [4.78, 5) is 15.1. The van der Waals surface area contributed by atoms with Gasteiger partial charge in [0.15, 0.2) is 0 Å². The summed E-state index contributed by atoms with van der Waals surface area (Å²) in [5, 5.41) is 3.60. The summed E-state index contributed by atoms with van der Waals surface area (Å²) >= 11 is 0. The van der Waals surface area contributed by atoms with Gasteiger partial charge in [-0.15, -0.1) is 0 Å². The molecule has 3 aliphatic rings. The van der Waals surface area contributed by atoms with Crippen molar-refractivity contribution in [2.24, 2.45) is 5.92 Å². The third-order valence-electron chi connectivity index (χ3n) is 5.36. The average molecular weight is 284 g/mol. The predicted octanol–water partition coefficient (Wildman–Crippen LogP) is 2.63. The van der Waals surface area contributed by atoms with E-state index >= 15 is 0 Å².